The maximum Gasteiger partial charge on any atom is 0.238 e. The first kappa shape index (κ1) is 32.3. The molecule has 2 aromatic rings. The van der Waals surface area contributed by atoms with Gasteiger partial charge in [-0.05, 0) is 67.0 Å². The van der Waals surface area contributed by atoms with Crippen LogP contribution in [0.3, 0.4) is 0 Å². The summed E-state index contributed by atoms with van der Waals surface area (Å²) >= 11 is 6.22. The molecule has 1 spiro atoms. The molecule has 0 radical (unpaired) electrons. The molecular formula is C31H39ClF3N3O4. The molecule has 11 heteroatoms. The maximum absolute atomic E-state index is 14.9. The van der Waals surface area contributed by atoms with Crippen LogP contribution >= 0.6 is 11.6 Å². The molecule has 5 atom stereocenters. The number of amides is 2. The Morgan fingerprint density at radius 3 is 2.45 bits per heavy atom. The van der Waals surface area contributed by atoms with E-state index in [4.69, 9.17) is 11.6 Å². The van der Waals surface area contributed by atoms with Crippen LogP contribution in [0.2, 0.25) is 5.02 Å². The first-order valence-electron chi connectivity index (χ1n) is 14.2. The Hall–Kier alpha value is -2.66. The zero-order chi connectivity index (χ0) is 31.1. The molecule has 1 saturated heterocycles. The maximum atomic E-state index is 14.9. The minimum atomic E-state index is -1.57. The molecule has 7 nitrogen and oxygen atoms in total. The van der Waals surface area contributed by atoms with Crippen molar-refractivity contribution in [3.8, 4) is 0 Å². The lowest BCUT2D eigenvalue weighted by atomic mass is 9.61. The Labute approximate surface area is 249 Å². The van der Waals surface area contributed by atoms with E-state index in [1.54, 1.807) is 11.9 Å². The molecule has 2 aliphatic rings. The topological polar surface area (TPSA) is 102 Å². The highest BCUT2D eigenvalue weighted by molar-refractivity contribution is 6.30. The van der Waals surface area contributed by atoms with Gasteiger partial charge in [-0.3, -0.25) is 14.5 Å². The van der Waals surface area contributed by atoms with Gasteiger partial charge in [0.1, 0.15) is 11.2 Å². The van der Waals surface area contributed by atoms with E-state index in [9.17, 15) is 33.0 Å². The van der Waals surface area contributed by atoms with Crippen molar-refractivity contribution in [3.63, 3.8) is 0 Å². The Morgan fingerprint density at radius 1 is 1.17 bits per heavy atom. The van der Waals surface area contributed by atoms with Crippen LogP contribution in [0.5, 0.6) is 0 Å². The number of aliphatic hydroxyl groups is 2. The van der Waals surface area contributed by atoms with E-state index in [-0.39, 0.29) is 34.7 Å². The first-order valence-corrected chi connectivity index (χ1v) is 14.6. The van der Waals surface area contributed by atoms with Crippen molar-refractivity contribution >= 4 is 29.1 Å². The molecule has 0 saturated carbocycles. The van der Waals surface area contributed by atoms with Gasteiger partial charge in [0.05, 0.1) is 23.8 Å². The van der Waals surface area contributed by atoms with E-state index >= 15 is 0 Å². The quantitative estimate of drug-likeness (QED) is 0.312. The van der Waals surface area contributed by atoms with Crippen LogP contribution in [-0.4, -0.2) is 65.3 Å². The molecule has 0 aliphatic carbocycles. The van der Waals surface area contributed by atoms with Crippen LogP contribution in [0.4, 0.5) is 18.9 Å². The number of fused-ring (bicyclic) bond motifs is 2. The summed E-state index contributed by atoms with van der Waals surface area (Å²) in [5, 5.41) is 24.3. The van der Waals surface area contributed by atoms with Crippen LogP contribution in [-0.2, 0) is 15.0 Å². The van der Waals surface area contributed by atoms with E-state index in [0.29, 0.717) is 17.9 Å². The predicted octanol–water partition coefficient (Wildman–Crippen LogP) is 4.74. The van der Waals surface area contributed by atoms with Gasteiger partial charge in [0.2, 0.25) is 11.8 Å². The van der Waals surface area contributed by atoms with Crippen LogP contribution in [0.25, 0.3) is 0 Å². The highest BCUT2D eigenvalue weighted by Crippen LogP contribution is 2.60. The van der Waals surface area contributed by atoms with Gasteiger partial charge in [-0.25, -0.2) is 13.2 Å². The van der Waals surface area contributed by atoms with Gasteiger partial charge in [-0.15, -0.1) is 0 Å². The number of hydrogen-bond acceptors (Lipinski definition) is 5. The first-order chi connectivity index (χ1) is 19.6. The van der Waals surface area contributed by atoms with Crippen LogP contribution in [0.1, 0.15) is 64.0 Å². The van der Waals surface area contributed by atoms with Gasteiger partial charge in [0.25, 0.3) is 0 Å². The molecule has 0 aromatic heterocycles. The van der Waals surface area contributed by atoms with Crippen molar-refractivity contribution in [2.75, 3.05) is 25.5 Å². The Kier molecular flexibility index (Phi) is 9.33. The molecule has 230 valence electrons. The fourth-order valence-electron chi connectivity index (χ4n) is 7.25. The third-order valence-corrected chi connectivity index (χ3v) is 8.95. The molecule has 42 heavy (non-hydrogen) atoms. The second-order valence-corrected chi connectivity index (χ2v) is 13.2. The van der Waals surface area contributed by atoms with Gasteiger partial charge >= 0.3 is 0 Å². The van der Waals surface area contributed by atoms with E-state index in [2.05, 4.69) is 38.3 Å². The number of hydrogen-bond donors (Lipinski definition) is 4. The number of nitrogens with one attached hydrogen (secondary N) is 2. The summed E-state index contributed by atoms with van der Waals surface area (Å²) in [5.74, 6) is -4.58. The number of benzene rings is 2. The number of rotatable bonds is 10. The monoisotopic (exact) mass is 609 g/mol. The third-order valence-electron chi connectivity index (χ3n) is 8.66. The lowest BCUT2D eigenvalue weighted by molar-refractivity contribution is -0.126. The average Bonchev–Trinajstić information content (AvgIpc) is 3.31. The largest absolute Gasteiger partial charge is 0.394 e. The number of halogens is 4. The molecule has 2 heterocycles. The molecule has 0 bridgehead atoms. The summed E-state index contributed by atoms with van der Waals surface area (Å²) in [6.07, 6.45) is 0.281. The minimum Gasteiger partial charge on any atom is -0.394 e. The highest BCUT2D eigenvalue weighted by Gasteiger charge is 2.68. The number of carbonyl (C=O) groups is 2. The standard InChI is InChI=1S/C31H39ClF3N3O4/c1-16(2)13-30(3,4)14-25-31(19-11-22(34)23(35)12-24(19)37-29(31)42)26(17-6-7-21(33)20(32)10-17)27(38(25)5)28(41)36-9-8-18(40)15-39/h6-7,10-12,16,18,25-27,39-40H,8-9,13-15H2,1-5H3,(H,36,41)(H,37,42)/t18-,25+,26-,27+,31-/m0/s1. The summed E-state index contributed by atoms with van der Waals surface area (Å²) in [6, 6.07) is 4.30. The number of anilines is 1. The lowest BCUT2D eigenvalue weighted by Gasteiger charge is -2.40. The fourth-order valence-corrected chi connectivity index (χ4v) is 7.44. The Balaban J connectivity index is 1.96. The van der Waals surface area contributed by atoms with E-state index in [1.165, 1.54) is 12.1 Å². The second kappa shape index (κ2) is 12.1. The number of aliphatic hydroxyl groups excluding tert-OH is 2. The van der Waals surface area contributed by atoms with E-state index in [0.717, 1.165) is 24.6 Å². The molecule has 4 N–H and O–H groups in total. The smallest absolute Gasteiger partial charge is 0.238 e. The number of likely N-dealkylation sites (tertiary alicyclic amines) is 1. The zero-order valence-corrected chi connectivity index (χ0v) is 25.2. The summed E-state index contributed by atoms with van der Waals surface area (Å²) in [6.45, 7) is 7.89. The molecular weight excluding hydrogens is 571 g/mol. The fraction of sp³-hybridized carbons (Fsp3) is 0.548. The molecule has 1 fully saturated rings. The Bertz CT molecular complexity index is 1360. The molecule has 2 amide bonds. The van der Waals surface area contributed by atoms with Crippen molar-refractivity contribution in [1.82, 2.24) is 10.2 Å². The normalized spacial score (nSPS) is 24.8. The number of likely N-dealkylation sites (N-methyl/N-ethyl adjacent to an activating group) is 1. The van der Waals surface area contributed by atoms with Crippen molar-refractivity contribution in [1.29, 1.82) is 0 Å². The van der Waals surface area contributed by atoms with Crippen LogP contribution < -0.4 is 10.6 Å². The average molecular weight is 610 g/mol. The van der Waals surface area contributed by atoms with E-state index in [1.807, 2.05) is 0 Å². The predicted molar refractivity (Wildman–Crippen MR) is 155 cm³/mol. The van der Waals surface area contributed by atoms with Gasteiger partial charge in [0, 0.05) is 30.3 Å². The summed E-state index contributed by atoms with van der Waals surface area (Å²) in [5.41, 5.74) is -1.17. The van der Waals surface area contributed by atoms with Crippen molar-refractivity contribution in [2.24, 2.45) is 11.3 Å². The van der Waals surface area contributed by atoms with Crippen LogP contribution in [0, 0.1) is 28.8 Å². The van der Waals surface area contributed by atoms with E-state index < -0.39 is 65.4 Å². The summed E-state index contributed by atoms with van der Waals surface area (Å²) in [7, 11) is 1.72. The van der Waals surface area contributed by atoms with Crippen molar-refractivity contribution < 1.29 is 33.0 Å². The molecule has 2 aromatic carbocycles. The van der Waals surface area contributed by atoms with Crippen molar-refractivity contribution in [3.05, 3.63) is 63.9 Å². The van der Waals surface area contributed by atoms with Gasteiger partial charge in [0.15, 0.2) is 11.6 Å². The number of nitrogens with zero attached hydrogens (tertiary/aromatic N) is 1. The summed E-state index contributed by atoms with van der Waals surface area (Å²) < 4.78 is 43.7. The molecule has 4 rings (SSSR count). The second-order valence-electron chi connectivity index (χ2n) is 12.8. The molecule has 2 aliphatic heterocycles. The molecule has 0 unspecified atom stereocenters. The number of carbonyl (C=O) groups excluding carboxylic acids is 2. The summed E-state index contributed by atoms with van der Waals surface area (Å²) in [4.78, 5) is 30.1. The SMILES string of the molecule is CC(C)CC(C)(C)C[C@H]1N(C)[C@@H](C(=O)NCC[C@H](O)CO)[C@H](c2ccc(F)c(Cl)c2)[C@@]12C(=O)Nc1cc(F)c(F)cc12. The van der Waals surface area contributed by atoms with Crippen LogP contribution in [0.15, 0.2) is 30.3 Å². The van der Waals surface area contributed by atoms with Gasteiger partial charge in [-0.1, -0.05) is 45.4 Å². The van der Waals surface area contributed by atoms with Gasteiger partial charge < -0.3 is 20.8 Å². The van der Waals surface area contributed by atoms with Crippen molar-refractivity contribution in [2.45, 2.75) is 76.5 Å². The Morgan fingerprint density at radius 2 is 1.83 bits per heavy atom. The zero-order valence-electron chi connectivity index (χ0n) is 24.5. The lowest BCUT2D eigenvalue weighted by Crippen LogP contribution is -2.50. The highest BCUT2D eigenvalue weighted by atomic mass is 35.5. The third kappa shape index (κ3) is 5.78. The minimum absolute atomic E-state index is 0.0426. The van der Waals surface area contributed by atoms with Gasteiger partial charge in [-0.2, -0.15) is 0 Å².